The molecule has 0 aromatic rings. The van der Waals surface area contributed by atoms with Crippen molar-refractivity contribution < 1.29 is 9.05 Å². The van der Waals surface area contributed by atoms with Gasteiger partial charge < -0.3 is 9.05 Å². The van der Waals surface area contributed by atoms with Gasteiger partial charge in [-0.05, 0) is 27.7 Å². The Bertz CT molecular complexity index is 186. The molecular weight excluding hydrogens is 197 g/mol. The Balaban J connectivity index is 2.71. The Morgan fingerprint density at radius 2 is 1.29 bits per heavy atom. The maximum absolute atomic E-state index is 5.98. The summed E-state index contributed by atoms with van der Waals surface area (Å²) in [6.07, 6.45) is 0. The first-order chi connectivity index (χ1) is 6.34. The van der Waals surface area contributed by atoms with Crippen LogP contribution in [0, 0.1) is 0 Å². The molecule has 0 aromatic heterocycles. The van der Waals surface area contributed by atoms with Crippen LogP contribution in [0.15, 0.2) is 0 Å². The van der Waals surface area contributed by atoms with Crippen LogP contribution < -0.4 is 0 Å². The standard InChI is InChI=1S/C10H22NO2P/c1-7-11(8-2)14-12-9(3,4)10(5,6)13-14/h7-8H2,1-6H3. The lowest BCUT2D eigenvalue weighted by molar-refractivity contribution is 0.00578. The molecule has 1 aliphatic rings. The molecule has 1 rings (SSSR count). The van der Waals surface area contributed by atoms with Crippen LogP contribution in [0.4, 0.5) is 0 Å². The van der Waals surface area contributed by atoms with Crippen molar-refractivity contribution in [1.29, 1.82) is 0 Å². The maximum Gasteiger partial charge on any atom is 0.259 e. The van der Waals surface area contributed by atoms with Crippen molar-refractivity contribution in [2.45, 2.75) is 52.7 Å². The highest BCUT2D eigenvalue weighted by Gasteiger charge is 2.51. The van der Waals surface area contributed by atoms with Crippen LogP contribution in [0.3, 0.4) is 0 Å². The third kappa shape index (κ3) is 2.11. The van der Waals surface area contributed by atoms with Gasteiger partial charge in [-0.25, -0.2) is 4.67 Å². The summed E-state index contributed by atoms with van der Waals surface area (Å²) in [7, 11) is -0.851. The predicted molar refractivity (Wildman–Crippen MR) is 60.2 cm³/mol. The first kappa shape index (κ1) is 12.4. The van der Waals surface area contributed by atoms with E-state index in [1.807, 2.05) is 0 Å². The largest absolute Gasteiger partial charge is 0.313 e. The molecule has 0 atom stereocenters. The van der Waals surface area contributed by atoms with Crippen molar-refractivity contribution in [3.05, 3.63) is 0 Å². The minimum atomic E-state index is -0.851. The molecule has 0 aliphatic carbocycles. The van der Waals surface area contributed by atoms with E-state index in [9.17, 15) is 0 Å². The van der Waals surface area contributed by atoms with Crippen LogP contribution in [0.2, 0.25) is 0 Å². The summed E-state index contributed by atoms with van der Waals surface area (Å²) in [5.41, 5.74) is -0.386. The van der Waals surface area contributed by atoms with Gasteiger partial charge in [-0.1, -0.05) is 13.8 Å². The van der Waals surface area contributed by atoms with Gasteiger partial charge in [-0.15, -0.1) is 0 Å². The van der Waals surface area contributed by atoms with Crippen LogP contribution in [0.1, 0.15) is 41.5 Å². The third-order valence-electron chi connectivity index (χ3n) is 3.02. The van der Waals surface area contributed by atoms with Gasteiger partial charge in [-0.3, -0.25) is 0 Å². The number of hydrogen-bond acceptors (Lipinski definition) is 3. The smallest absolute Gasteiger partial charge is 0.259 e. The minimum Gasteiger partial charge on any atom is -0.313 e. The highest BCUT2D eigenvalue weighted by molar-refractivity contribution is 7.44. The van der Waals surface area contributed by atoms with Crippen molar-refractivity contribution in [3.63, 3.8) is 0 Å². The fraction of sp³-hybridized carbons (Fsp3) is 1.00. The van der Waals surface area contributed by atoms with Crippen molar-refractivity contribution in [2.24, 2.45) is 0 Å². The van der Waals surface area contributed by atoms with E-state index >= 15 is 0 Å². The van der Waals surface area contributed by atoms with Crippen molar-refractivity contribution >= 4 is 8.53 Å². The number of rotatable bonds is 3. The van der Waals surface area contributed by atoms with Crippen molar-refractivity contribution in [3.8, 4) is 0 Å². The minimum absolute atomic E-state index is 0.193. The molecule has 0 radical (unpaired) electrons. The van der Waals surface area contributed by atoms with Gasteiger partial charge >= 0.3 is 0 Å². The molecule has 14 heavy (non-hydrogen) atoms. The molecule has 3 nitrogen and oxygen atoms in total. The molecule has 1 heterocycles. The van der Waals surface area contributed by atoms with Gasteiger partial charge in [0.15, 0.2) is 0 Å². The molecule has 0 aromatic carbocycles. The molecule has 0 amide bonds. The van der Waals surface area contributed by atoms with Crippen LogP contribution >= 0.6 is 8.53 Å². The molecule has 0 saturated carbocycles. The highest BCUT2D eigenvalue weighted by atomic mass is 31.2. The Hall–Kier alpha value is 0.310. The summed E-state index contributed by atoms with van der Waals surface area (Å²) in [5, 5.41) is 0. The quantitative estimate of drug-likeness (QED) is 0.680. The lowest BCUT2D eigenvalue weighted by Crippen LogP contribution is -2.41. The van der Waals surface area contributed by atoms with E-state index in [0.717, 1.165) is 13.1 Å². The van der Waals surface area contributed by atoms with E-state index in [1.165, 1.54) is 0 Å². The summed E-state index contributed by atoms with van der Waals surface area (Å²) in [4.78, 5) is 0. The zero-order valence-corrected chi connectivity index (χ0v) is 11.0. The van der Waals surface area contributed by atoms with E-state index in [0.29, 0.717) is 0 Å². The molecule has 0 unspecified atom stereocenters. The van der Waals surface area contributed by atoms with Crippen LogP contribution in [-0.2, 0) is 9.05 Å². The predicted octanol–water partition coefficient (Wildman–Crippen LogP) is 3.16. The molecule has 0 N–H and O–H groups in total. The summed E-state index contributed by atoms with van der Waals surface area (Å²) in [6, 6.07) is 0. The summed E-state index contributed by atoms with van der Waals surface area (Å²) < 4.78 is 14.2. The molecule has 1 aliphatic heterocycles. The fourth-order valence-electron chi connectivity index (χ4n) is 1.20. The van der Waals surface area contributed by atoms with Gasteiger partial charge in [0.1, 0.15) is 0 Å². The van der Waals surface area contributed by atoms with E-state index < -0.39 is 8.53 Å². The Labute approximate surface area is 88.7 Å². The van der Waals surface area contributed by atoms with Gasteiger partial charge in [0.2, 0.25) is 0 Å². The Morgan fingerprint density at radius 3 is 1.57 bits per heavy atom. The molecule has 0 spiro atoms. The topological polar surface area (TPSA) is 21.7 Å². The van der Waals surface area contributed by atoms with Gasteiger partial charge in [0.25, 0.3) is 8.53 Å². The Morgan fingerprint density at radius 1 is 0.929 bits per heavy atom. The van der Waals surface area contributed by atoms with Crippen molar-refractivity contribution in [1.82, 2.24) is 4.67 Å². The van der Waals surface area contributed by atoms with E-state index in [4.69, 9.17) is 9.05 Å². The van der Waals surface area contributed by atoms with Gasteiger partial charge in [0.05, 0.1) is 11.2 Å². The molecule has 84 valence electrons. The van der Waals surface area contributed by atoms with Crippen LogP contribution in [0.25, 0.3) is 0 Å². The second-order valence-corrected chi connectivity index (χ2v) is 5.99. The fourth-order valence-corrected chi connectivity index (χ4v) is 3.15. The zero-order valence-electron chi connectivity index (χ0n) is 10.1. The average molecular weight is 219 g/mol. The second kappa shape index (κ2) is 4.05. The molecule has 1 fully saturated rings. The number of hydrogen-bond donors (Lipinski definition) is 0. The van der Waals surface area contributed by atoms with E-state index in [1.54, 1.807) is 0 Å². The van der Waals surface area contributed by atoms with Crippen LogP contribution in [0.5, 0.6) is 0 Å². The molecule has 4 heteroatoms. The third-order valence-corrected chi connectivity index (χ3v) is 5.28. The van der Waals surface area contributed by atoms with E-state index in [-0.39, 0.29) is 11.2 Å². The summed E-state index contributed by atoms with van der Waals surface area (Å²) in [5.74, 6) is 0. The van der Waals surface area contributed by atoms with Gasteiger partial charge in [0, 0.05) is 13.1 Å². The normalized spacial score (nSPS) is 25.9. The van der Waals surface area contributed by atoms with Gasteiger partial charge in [-0.2, -0.15) is 0 Å². The van der Waals surface area contributed by atoms with Crippen LogP contribution in [-0.4, -0.2) is 29.0 Å². The van der Waals surface area contributed by atoms with E-state index in [2.05, 4.69) is 46.2 Å². The zero-order chi connectivity index (χ0) is 11.0. The number of nitrogens with zero attached hydrogens (tertiary/aromatic N) is 1. The summed E-state index contributed by atoms with van der Waals surface area (Å²) >= 11 is 0. The average Bonchev–Trinajstić information content (AvgIpc) is 2.23. The first-order valence-corrected chi connectivity index (χ1v) is 6.40. The van der Waals surface area contributed by atoms with Crippen molar-refractivity contribution in [2.75, 3.05) is 13.1 Å². The maximum atomic E-state index is 5.98. The molecular formula is C10H22NO2P. The molecule has 1 saturated heterocycles. The molecule has 0 bridgehead atoms. The summed E-state index contributed by atoms with van der Waals surface area (Å²) in [6.45, 7) is 14.6. The lowest BCUT2D eigenvalue weighted by Gasteiger charge is -2.29. The lowest BCUT2D eigenvalue weighted by atomic mass is 9.90. The SMILES string of the molecule is CCN(CC)P1OC(C)(C)C(C)(C)O1. The highest BCUT2D eigenvalue weighted by Crippen LogP contribution is 2.59. The monoisotopic (exact) mass is 219 g/mol. The Kier molecular flexibility index (Phi) is 3.58. The second-order valence-electron chi connectivity index (χ2n) is 4.58. The first-order valence-electron chi connectivity index (χ1n) is 5.27.